The maximum atomic E-state index is 12.8. The van der Waals surface area contributed by atoms with Gasteiger partial charge in [0, 0.05) is 42.7 Å². The Balaban J connectivity index is 1.91. The van der Waals surface area contributed by atoms with Crippen molar-refractivity contribution in [2.75, 3.05) is 11.9 Å². The highest BCUT2D eigenvalue weighted by atomic mass is 19.4. The number of aliphatic imine (C=N–C) groups is 1. The zero-order chi connectivity index (χ0) is 27.8. The predicted octanol–water partition coefficient (Wildman–Crippen LogP) is 5.61. The summed E-state index contributed by atoms with van der Waals surface area (Å²) in [6.07, 6.45) is -5.04. The van der Waals surface area contributed by atoms with Gasteiger partial charge >= 0.3 is 12.1 Å². The van der Waals surface area contributed by atoms with Crippen LogP contribution < -0.4 is 4.90 Å². The molecule has 0 bridgehead atoms. The van der Waals surface area contributed by atoms with E-state index in [2.05, 4.69) is 4.99 Å². The standard InChI is InChI=1S/C26H19F3N4O5/c1-15(34)32-21-14-19(33(37)38)12-13-20(21)22(24(32)35)23(16-6-4-3-5-7-16)30-17-8-10-18(11-9-17)31(2)25(36)26(27,28)29/h3-14,35H,1-2H3. The number of fused-ring (bicyclic) bond motifs is 1. The van der Waals surface area contributed by atoms with Crippen molar-refractivity contribution in [2.45, 2.75) is 13.1 Å². The molecule has 194 valence electrons. The van der Waals surface area contributed by atoms with Gasteiger partial charge < -0.3 is 10.0 Å². The van der Waals surface area contributed by atoms with Gasteiger partial charge in [0.1, 0.15) is 0 Å². The molecule has 0 aliphatic carbocycles. The van der Waals surface area contributed by atoms with Crippen LogP contribution in [0.15, 0.2) is 77.8 Å². The van der Waals surface area contributed by atoms with Gasteiger partial charge in [-0.05, 0) is 30.3 Å². The average Bonchev–Trinajstić information content (AvgIpc) is 3.17. The molecule has 1 aromatic heterocycles. The first-order valence-corrected chi connectivity index (χ1v) is 11.0. The van der Waals surface area contributed by atoms with Crippen molar-refractivity contribution in [1.29, 1.82) is 0 Å². The fourth-order valence-corrected chi connectivity index (χ4v) is 3.98. The zero-order valence-corrected chi connectivity index (χ0v) is 19.9. The van der Waals surface area contributed by atoms with Crippen LogP contribution in [-0.4, -0.2) is 45.3 Å². The molecule has 0 aliphatic heterocycles. The second kappa shape index (κ2) is 9.81. The van der Waals surface area contributed by atoms with Crippen LogP contribution in [0.4, 0.5) is 30.2 Å². The average molecular weight is 524 g/mol. The molecule has 0 radical (unpaired) electrons. The van der Waals surface area contributed by atoms with Crippen molar-refractivity contribution < 1.29 is 32.8 Å². The number of nitrogens with zero attached hydrogens (tertiary/aromatic N) is 4. The molecule has 0 fully saturated rings. The highest BCUT2D eigenvalue weighted by molar-refractivity contribution is 6.23. The Bertz CT molecular complexity index is 1590. The third-order valence-electron chi connectivity index (χ3n) is 5.76. The molecule has 0 aliphatic rings. The molecule has 38 heavy (non-hydrogen) atoms. The summed E-state index contributed by atoms with van der Waals surface area (Å²) in [4.78, 5) is 39.7. The number of hydrogen-bond acceptors (Lipinski definition) is 6. The second-order valence-corrected chi connectivity index (χ2v) is 8.22. The van der Waals surface area contributed by atoms with Crippen LogP contribution in [0.1, 0.15) is 22.8 Å². The lowest BCUT2D eigenvalue weighted by atomic mass is 10.0. The monoisotopic (exact) mass is 524 g/mol. The molecule has 4 rings (SSSR count). The molecule has 0 saturated heterocycles. The lowest BCUT2D eigenvalue weighted by Crippen LogP contribution is -2.38. The Morgan fingerprint density at radius 1 is 1.03 bits per heavy atom. The van der Waals surface area contributed by atoms with E-state index in [0.29, 0.717) is 15.8 Å². The number of non-ortho nitro benzene ring substituents is 1. The van der Waals surface area contributed by atoms with E-state index in [-0.39, 0.29) is 33.9 Å². The number of carbonyl (C=O) groups is 2. The van der Waals surface area contributed by atoms with Crippen molar-refractivity contribution in [1.82, 2.24) is 4.57 Å². The number of nitro groups is 1. The van der Waals surface area contributed by atoms with Crippen LogP contribution in [0, 0.1) is 10.1 Å². The molecule has 4 aromatic rings. The summed E-state index contributed by atoms with van der Waals surface area (Å²) in [5, 5.41) is 22.8. The van der Waals surface area contributed by atoms with E-state index in [1.54, 1.807) is 30.3 Å². The topological polar surface area (TPSA) is 118 Å². The summed E-state index contributed by atoms with van der Waals surface area (Å²) in [6.45, 7) is 1.19. The first-order chi connectivity index (χ1) is 17.9. The Morgan fingerprint density at radius 3 is 2.21 bits per heavy atom. The minimum atomic E-state index is -5.04. The Kier molecular flexibility index (Phi) is 6.73. The van der Waals surface area contributed by atoms with Crippen LogP contribution >= 0.6 is 0 Å². The van der Waals surface area contributed by atoms with Gasteiger partial charge in [0.05, 0.1) is 27.4 Å². The van der Waals surface area contributed by atoms with Crippen LogP contribution in [0.2, 0.25) is 0 Å². The van der Waals surface area contributed by atoms with Crippen molar-refractivity contribution >= 4 is 45.5 Å². The number of benzene rings is 3. The summed E-state index contributed by atoms with van der Waals surface area (Å²) < 4.78 is 39.4. The van der Waals surface area contributed by atoms with Crippen LogP contribution in [0.5, 0.6) is 5.88 Å². The van der Waals surface area contributed by atoms with Crippen LogP contribution in [-0.2, 0) is 4.79 Å². The maximum Gasteiger partial charge on any atom is 0.471 e. The zero-order valence-electron chi connectivity index (χ0n) is 19.9. The number of aromatic hydroxyl groups is 1. The number of rotatable bonds is 5. The minimum absolute atomic E-state index is 0.0177. The summed E-state index contributed by atoms with van der Waals surface area (Å²) in [5.41, 5.74) is 0.929. The van der Waals surface area contributed by atoms with E-state index in [0.717, 1.165) is 11.6 Å². The third-order valence-corrected chi connectivity index (χ3v) is 5.76. The van der Waals surface area contributed by atoms with E-state index >= 15 is 0 Å². The first-order valence-electron chi connectivity index (χ1n) is 11.0. The number of amides is 1. The quantitative estimate of drug-likeness (QED) is 0.207. The lowest BCUT2D eigenvalue weighted by Gasteiger charge is -2.18. The summed E-state index contributed by atoms with van der Waals surface area (Å²) in [7, 11) is 0.997. The summed E-state index contributed by atoms with van der Waals surface area (Å²) >= 11 is 0. The van der Waals surface area contributed by atoms with E-state index in [4.69, 9.17) is 0 Å². The van der Waals surface area contributed by atoms with Gasteiger partial charge in [-0.2, -0.15) is 13.2 Å². The predicted molar refractivity (Wildman–Crippen MR) is 134 cm³/mol. The van der Waals surface area contributed by atoms with Gasteiger partial charge in [0.15, 0.2) is 0 Å². The second-order valence-electron chi connectivity index (χ2n) is 8.22. The van der Waals surface area contributed by atoms with E-state index in [9.17, 15) is 38.0 Å². The fraction of sp³-hybridized carbons (Fsp3) is 0.115. The number of halogens is 3. The van der Waals surface area contributed by atoms with E-state index < -0.39 is 28.8 Å². The number of alkyl halides is 3. The minimum Gasteiger partial charge on any atom is -0.494 e. The molecule has 12 heteroatoms. The molecule has 0 atom stereocenters. The number of nitro benzene ring substituents is 1. The van der Waals surface area contributed by atoms with Gasteiger partial charge in [-0.15, -0.1) is 0 Å². The molecule has 1 amide bonds. The highest BCUT2D eigenvalue weighted by Crippen LogP contribution is 2.36. The Hall–Kier alpha value is -5.00. The maximum absolute atomic E-state index is 12.8. The molecule has 3 aromatic carbocycles. The van der Waals surface area contributed by atoms with Crippen molar-refractivity contribution in [3.05, 3.63) is 94.0 Å². The Morgan fingerprint density at radius 2 is 1.66 bits per heavy atom. The first kappa shape index (κ1) is 26.1. The molecule has 0 spiro atoms. The SMILES string of the molecule is CC(=O)n1c(O)c(C(=Nc2ccc(N(C)C(=O)C(F)(F)F)cc2)c2ccccc2)c2ccc([N+](=O)[O-])cc21. The summed E-state index contributed by atoms with van der Waals surface area (Å²) in [5.74, 6) is -3.11. The third kappa shape index (κ3) is 4.83. The van der Waals surface area contributed by atoms with E-state index in [1.807, 2.05) is 0 Å². The number of carbonyl (C=O) groups excluding carboxylic acids is 2. The lowest BCUT2D eigenvalue weighted by molar-refractivity contribution is -0.384. The van der Waals surface area contributed by atoms with Gasteiger partial charge in [-0.3, -0.25) is 19.7 Å². The Labute approximate surface area is 213 Å². The fourth-order valence-electron chi connectivity index (χ4n) is 3.98. The van der Waals surface area contributed by atoms with Gasteiger partial charge in [-0.25, -0.2) is 9.56 Å². The van der Waals surface area contributed by atoms with E-state index in [1.165, 1.54) is 49.4 Å². The molecule has 0 saturated carbocycles. The van der Waals surface area contributed by atoms with Gasteiger partial charge in [0.2, 0.25) is 11.8 Å². The highest BCUT2D eigenvalue weighted by Gasteiger charge is 2.41. The van der Waals surface area contributed by atoms with Gasteiger partial charge in [-0.1, -0.05) is 30.3 Å². The number of hydrogen-bond donors (Lipinski definition) is 1. The van der Waals surface area contributed by atoms with Crippen LogP contribution in [0.3, 0.4) is 0 Å². The van der Waals surface area contributed by atoms with Gasteiger partial charge in [0.25, 0.3) is 5.69 Å². The van der Waals surface area contributed by atoms with Crippen LogP contribution in [0.25, 0.3) is 10.9 Å². The molecule has 1 N–H and O–H groups in total. The molecule has 1 heterocycles. The normalized spacial score (nSPS) is 12.0. The number of aromatic nitrogens is 1. The molecular weight excluding hydrogens is 505 g/mol. The van der Waals surface area contributed by atoms with Crippen molar-refractivity contribution in [3.8, 4) is 5.88 Å². The molecule has 9 nitrogen and oxygen atoms in total. The largest absolute Gasteiger partial charge is 0.494 e. The molecule has 0 unspecified atom stereocenters. The summed E-state index contributed by atoms with van der Waals surface area (Å²) in [6, 6.07) is 17.8. The van der Waals surface area contributed by atoms with Crippen molar-refractivity contribution in [3.63, 3.8) is 0 Å². The number of anilines is 1. The smallest absolute Gasteiger partial charge is 0.471 e. The van der Waals surface area contributed by atoms with Crippen molar-refractivity contribution in [2.24, 2.45) is 4.99 Å². The molecular formula is C26H19F3N4O5.